The highest BCUT2D eigenvalue weighted by molar-refractivity contribution is 5.93. The van der Waals surface area contributed by atoms with Crippen molar-refractivity contribution >= 4 is 57.6 Å². The summed E-state index contributed by atoms with van der Waals surface area (Å²) < 4.78 is 60.9. The number of phenolic OH excluding ortho intramolecular Hbond substituents is 1. The molecule has 10 heterocycles. The third-order valence-electron chi connectivity index (χ3n) is 18.7. The zero-order chi connectivity index (χ0) is 81.4. The van der Waals surface area contributed by atoms with Crippen LogP contribution in [0.3, 0.4) is 0 Å². The normalized spacial score (nSPS) is 10.7. The molecule has 0 aliphatic carbocycles. The van der Waals surface area contributed by atoms with Crippen molar-refractivity contribution in [1.82, 2.24) is 59.8 Å². The van der Waals surface area contributed by atoms with Crippen molar-refractivity contribution in [3.63, 3.8) is 0 Å². The molecule has 10 N–H and O–H groups in total. The Kier molecular flexibility index (Phi) is 24.4. The third kappa shape index (κ3) is 17.9. The summed E-state index contributed by atoms with van der Waals surface area (Å²) in [4.78, 5) is 35.0. The SMILES string of the molecule is CNc1cc(-c2cccnc2-c2cccc(O)c2)ccc1C=N.COc1cc(-c2ncccc2-c2ccc3cnn(C)c3c2)ccc1F.Cc1cc(-c2ncccc2-c2cnc3cn[nH]c3c2)ccc1F.Cc1cccc(-c2ncccc2-c2cnc(C=N)c(N)c2)c1.N=Cc1ncc(-c2cccnc2-c2ccc(F)c(F)c2)cc1N. The van der Waals surface area contributed by atoms with Crippen LogP contribution in [0.15, 0.2) is 280 Å². The molecule has 0 amide bonds. The van der Waals surface area contributed by atoms with E-state index in [4.69, 9.17) is 32.4 Å². The number of anilines is 3. The number of benzene rings is 7. The van der Waals surface area contributed by atoms with E-state index in [1.165, 1.54) is 37.1 Å². The maximum atomic E-state index is 13.7. The number of rotatable bonds is 15. The van der Waals surface area contributed by atoms with E-state index in [0.29, 0.717) is 50.7 Å². The maximum Gasteiger partial charge on any atom is 0.165 e. The van der Waals surface area contributed by atoms with Crippen LogP contribution in [0, 0.1) is 53.3 Å². The molecule has 24 heteroatoms. The number of nitrogens with one attached hydrogen (secondary N) is 5. The van der Waals surface area contributed by atoms with Crippen molar-refractivity contribution < 1.29 is 27.4 Å². The Labute approximate surface area is 664 Å². The molecule has 0 aliphatic rings. The summed E-state index contributed by atoms with van der Waals surface area (Å²) in [6, 6.07) is 65.4. The van der Waals surface area contributed by atoms with E-state index in [1.807, 2.05) is 140 Å². The summed E-state index contributed by atoms with van der Waals surface area (Å²) in [5.74, 6) is -2.03. The van der Waals surface area contributed by atoms with E-state index in [9.17, 15) is 22.7 Å². The molecule has 116 heavy (non-hydrogen) atoms. The number of methoxy groups -OCH3 is 1. The number of nitrogen functional groups attached to an aromatic ring is 2. The number of hydrogen-bond donors (Lipinski definition) is 8. The highest BCUT2D eigenvalue weighted by atomic mass is 19.2. The molecule has 0 bridgehead atoms. The van der Waals surface area contributed by atoms with Crippen LogP contribution in [0.1, 0.15) is 28.1 Å². The third-order valence-corrected chi connectivity index (χ3v) is 18.7. The summed E-state index contributed by atoms with van der Waals surface area (Å²) in [6.45, 7) is 3.81. The number of hydrogen-bond acceptors (Lipinski definition) is 18. The number of aromatic nitrogens is 12. The van der Waals surface area contributed by atoms with Gasteiger partial charge in [0.1, 0.15) is 28.5 Å². The van der Waals surface area contributed by atoms with Crippen LogP contribution in [0.4, 0.5) is 34.6 Å². The zero-order valence-electron chi connectivity index (χ0n) is 63.2. The quantitative estimate of drug-likeness (QED) is 0.0349. The predicted octanol–water partition coefficient (Wildman–Crippen LogP) is 20.1. The van der Waals surface area contributed by atoms with Gasteiger partial charge in [-0.15, -0.1) is 0 Å². The number of ether oxygens (including phenoxy) is 1. The minimum absolute atomic E-state index is 0.205. The molecule has 0 unspecified atom stereocenters. The first kappa shape index (κ1) is 78.5. The van der Waals surface area contributed by atoms with Gasteiger partial charge in [0.05, 0.1) is 70.4 Å². The van der Waals surface area contributed by atoms with E-state index in [1.54, 1.807) is 117 Å². The smallest absolute Gasteiger partial charge is 0.165 e. The number of nitrogens with two attached hydrogens (primary N) is 2. The summed E-state index contributed by atoms with van der Waals surface area (Å²) in [5, 5.41) is 47.1. The Morgan fingerprint density at radius 2 is 0.905 bits per heavy atom. The number of aromatic hydroxyl groups is 1. The van der Waals surface area contributed by atoms with Gasteiger partial charge in [0.25, 0.3) is 0 Å². The van der Waals surface area contributed by atoms with Crippen LogP contribution in [-0.4, -0.2) is 97.8 Å². The lowest BCUT2D eigenvalue weighted by Crippen LogP contribution is -1.98. The number of phenols is 1. The van der Waals surface area contributed by atoms with E-state index in [0.717, 1.165) is 147 Å². The Hall–Kier alpha value is -15.6. The molecule has 0 fully saturated rings. The summed E-state index contributed by atoms with van der Waals surface area (Å²) in [7, 11) is 5.21. The lowest BCUT2D eigenvalue weighted by atomic mass is 9.97. The molecule has 0 spiro atoms. The molecule has 20 nitrogen and oxygen atoms in total. The van der Waals surface area contributed by atoms with Gasteiger partial charge in [0.15, 0.2) is 23.2 Å². The fraction of sp³-hybridized carbons (Fsp3) is 0.0543. The molecular formula is C92H74F4N18O2. The monoisotopic (exact) mass is 1540 g/mol. The van der Waals surface area contributed by atoms with Gasteiger partial charge in [-0.1, -0.05) is 90.5 Å². The lowest BCUT2D eigenvalue weighted by molar-refractivity contribution is 0.387. The van der Waals surface area contributed by atoms with Crippen LogP contribution in [0.2, 0.25) is 0 Å². The Balaban J connectivity index is 0.000000126. The van der Waals surface area contributed by atoms with Crippen molar-refractivity contribution in [2.75, 3.05) is 30.9 Å². The molecule has 0 radical (unpaired) electrons. The molecule has 0 atom stereocenters. The van der Waals surface area contributed by atoms with Crippen LogP contribution >= 0.6 is 0 Å². The molecule has 7 aromatic carbocycles. The Morgan fingerprint density at radius 3 is 1.41 bits per heavy atom. The van der Waals surface area contributed by atoms with Gasteiger partial charge in [-0.3, -0.25) is 49.7 Å². The molecule has 17 aromatic rings. The maximum absolute atomic E-state index is 13.7. The first-order chi connectivity index (χ1) is 56.4. The number of aromatic amines is 1. The highest BCUT2D eigenvalue weighted by Crippen LogP contribution is 2.39. The number of pyridine rings is 8. The standard InChI is InChI=1S/C20H16FN3O.C19H17N3O.C18H13FN4.C18H16N4.C17H12F2N4/c1-24-18-10-13(5-6-15(18)12-23-24)16-4-3-9-22-20(16)14-7-8-17(21)19(11-14)25-2;1-21-18-11-13(7-8-15(18)12-20)17-6-3-9-22-19(17)14-4-2-5-16(23)10-14;1-11-7-12(4-5-15(11)19)18-14(3-2-6-20-18)13-8-16-17(21-9-13)10-22-23-16;1-12-4-2-5-13(8-12)18-15(6-3-7-21-18)14-9-16(20)17(10-19)22-11-14;18-13-4-3-10(6-14(13)19)17-12(2-1-5-22-17)11-7-15(21)16(8-20)23-9-11/h3-12H,1-2H3;2-12,20-21,23H,1H3;2-10H,1H3,(H,22,23);2-11,19H,20H2,1H3;1-9,20H,21H2. The van der Waals surface area contributed by atoms with Gasteiger partial charge >= 0.3 is 0 Å². The number of halogens is 4. The predicted molar refractivity (Wildman–Crippen MR) is 452 cm³/mol. The number of nitrogens with zero attached hydrogens (tertiary/aromatic N) is 11. The molecule has 0 saturated heterocycles. The van der Waals surface area contributed by atoms with Crippen molar-refractivity contribution in [3.8, 4) is 123 Å². The first-order valence-electron chi connectivity index (χ1n) is 36.2. The zero-order valence-corrected chi connectivity index (χ0v) is 63.2. The van der Waals surface area contributed by atoms with Gasteiger partial charge in [0, 0.05) is 171 Å². The van der Waals surface area contributed by atoms with Gasteiger partial charge in [-0.2, -0.15) is 10.2 Å². The summed E-state index contributed by atoms with van der Waals surface area (Å²) in [6.07, 6.45) is 20.7. The van der Waals surface area contributed by atoms with E-state index in [-0.39, 0.29) is 23.1 Å². The van der Waals surface area contributed by atoms with E-state index >= 15 is 0 Å². The number of H-pyrrole nitrogens is 1. The summed E-state index contributed by atoms with van der Waals surface area (Å²) in [5.41, 5.74) is 36.7. The topological polar surface area (TPSA) is 315 Å². The van der Waals surface area contributed by atoms with Gasteiger partial charge in [-0.05, 0) is 164 Å². The van der Waals surface area contributed by atoms with Crippen LogP contribution < -0.4 is 21.5 Å². The van der Waals surface area contributed by atoms with Gasteiger partial charge in [0.2, 0.25) is 0 Å². The van der Waals surface area contributed by atoms with Crippen molar-refractivity contribution in [1.29, 1.82) is 16.2 Å². The average molecular weight is 1540 g/mol. The second kappa shape index (κ2) is 36.1. The van der Waals surface area contributed by atoms with Crippen molar-refractivity contribution in [2.45, 2.75) is 13.8 Å². The average Bonchev–Trinajstić information content (AvgIpc) is 1.37. The van der Waals surface area contributed by atoms with E-state index in [2.05, 4.69) is 85.6 Å². The summed E-state index contributed by atoms with van der Waals surface area (Å²) >= 11 is 0. The molecular weight excluding hydrogens is 1470 g/mol. The fourth-order valence-corrected chi connectivity index (χ4v) is 12.9. The molecule has 0 saturated carbocycles. The first-order valence-corrected chi connectivity index (χ1v) is 36.2. The van der Waals surface area contributed by atoms with Crippen molar-refractivity contribution in [3.05, 3.63) is 332 Å². The van der Waals surface area contributed by atoms with Gasteiger partial charge in [-0.25, -0.2) is 17.6 Å². The Morgan fingerprint density at radius 1 is 0.431 bits per heavy atom. The van der Waals surface area contributed by atoms with Crippen LogP contribution in [0.5, 0.6) is 11.5 Å². The number of fused-ring (bicyclic) bond motifs is 2. The molecule has 572 valence electrons. The molecule has 17 rings (SSSR count). The lowest BCUT2D eigenvalue weighted by Gasteiger charge is -2.12. The minimum Gasteiger partial charge on any atom is -0.508 e. The van der Waals surface area contributed by atoms with E-state index < -0.39 is 11.6 Å². The van der Waals surface area contributed by atoms with Crippen LogP contribution in [-0.2, 0) is 7.05 Å². The second-order valence-corrected chi connectivity index (χ2v) is 26.3. The minimum atomic E-state index is -0.934. The Bertz CT molecular complexity index is 6470. The van der Waals surface area contributed by atoms with Gasteiger partial charge < -0.3 is 42.9 Å². The van der Waals surface area contributed by atoms with Crippen LogP contribution in [0.25, 0.3) is 134 Å². The fourth-order valence-electron chi connectivity index (χ4n) is 12.9. The second-order valence-electron chi connectivity index (χ2n) is 26.3. The highest BCUT2D eigenvalue weighted by Gasteiger charge is 2.19. The van der Waals surface area contributed by atoms with Crippen molar-refractivity contribution in [2.24, 2.45) is 7.05 Å². The number of aryl methyl sites for hydroxylation is 3. The molecule has 10 aromatic heterocycles. The molecule has 0 aliphatic heterocycles. The largest absolute Gasteiger partial charge is 0.508 e.